The summed E-state index contributed by atoms with van der Waals surface area (Å²) >= 11 is 3.68. The molecule has 0 aliphatic rings. The van der Waals surface area contributed by atoms with E-state index in [1.807, 2.05) is 0 Å². The number of nitrogens with zero attached hydrogens (tertiary/aromatic N) is 1. The number of benzene rings is 3. The molecule has 0 bridgehead atoms. The zero-order valence-electron chi connectivity index (χ0n) is 16.5. The number of hydrogen-bond acceptors (Lipinski definition) is 0. The average molecular weight is 448 g/mol. The molecule has 140 valence electrons. The van der Waals surface area contributed by atoms with Crippen molar-refractivity contribution in [2.24, 2.45) is 0 Å². The van der Waals surface area contributed by atoms with Crippen LogP contribution in [0.3, 0.4) is 0 Å². The molecule has 0 spiro atoms. The van der Waals surface area contributed by atoms with Gasteiger partial charge in [-0.2, -0.15) is 0 Å². The van der Waals surface area contributed by atoms with Gasteiger partial charge in [-0.05, 0) is 0 Å². The number of aromatic nitrogens is 1. The monoisotopic (exact) mass is 449 g/mol. The van der Waals surface area contributed by atoms with Crippen molar-refractivity contribution in [3.8, 4) is 5.69 Å². The van der Waals surface area contributed by atoms with Gasteiger partial charge in [0.25, 0.3) is 0 Å². The third kappa shape index (κ3) is 3.27. The van der Waals surface area contributed by atoms with Crippen LogP contribution in [0.5, 0.6) is 0 Å². The first kappa shape index (κ1) is 19.2. The van der Waals surface area contributed by atoms with Gasteiger partial charge in [0, 0.05) is 0 Å². The Kier molecular flexibility index (Phi) is 5.30. The first-order chi connectivity index (χ1) is 13.5. The summed E-state index contributed by atoms with van der Waals surface area (Å²) in [7, 11) is 0. The molecule has 4 aromatic rings. The predicted molar refractivity (Wildman–Crippen MR) is 124 cm³/mol. The zero-order chi connectivity index (χ0) is 19.7. The fourth-order valence-corrected chi connectivity index (χ4v) is 9.52. The van der Waals surface area contributed by atoms with Crippen LogP contribution in [0.1, 0.15) is 17.0 Å². The van der Waals surface area contributed by atoms with E-state index < -0.39 is 5.51 Å². The van der Waals surface area contributed by atoms with E-state index in [0.29, 0.717) is 0 Å². The van der Waals surface area contributed by atoms with E-state index in [1.165, 1.54) is 38.6 Å². The van der Waals surface area contributed by atoms with Crippen LogP contribution in [0.2, 0.25) is 0 Å². The molecule has 0 unspecified atom stereocenters. The molecule has 0 saturated heterocycles. The van der Waals surface area contributed by atoms with Gasteiger partial charge in [-0.1, -0.05) is 0 Å². The summed E-state index contributed by atoms with van der Waals surface area (Å²) in [4.78, 5) is 0. The van der Waals surface area contributed by atoms with E-state index in [1.54, 1.807) is 0 Å². The maximum absolute atomic E-state index is 3.68. The number of rotatable bonds is 4. The van der Waals surface area contributed by atoms with Crippen molar-refractivity contribution < 1.29 is 0 Å². The van der Waals surface area contributed by atoms with Crippen LogP contribution in [0.4, 0.5) is 0 Å². The van der Waals surface area contributed by atoms with Gasteiger partial charge in [0.05, 0.1) is 0 Å². The first-order valence-corrected chi connectivity index (χ1v) is 13.5. The molecule has 0 saturated carbocycles. The second-order valence-electron chi connectivity index (χ2n) is 7.21. The van der Waals surface area contributed by atoms with Gasteiger partial charge in [-0.25, -0.2) is 0 Å². The fourth-order valence-electron chi connectivity index (χ4n) is 3.86. The molecule has 0 aliphatic heterocycles. The molecule has 0 atom stereocenters. The molecular formula is C25H24NPSe. The van der Waals surface area contributed by atoms with Crippen LogP contribution in [0.25, 0.3) is 5.69 Å². The van der Waals surface area contributed by atoms with E-state index >= 15 is 0 Å². The Morgan fingerprint density at radius 3 is 1.68 bits per heavy atom. The maximum atomic E-state index is 3.68. The van der Waals surface area contributed by atoms with Crippen molar-refractivity contribution in [3.05, 3.63) is 108 Å². The minimum absolute atomic E-state index is 1.22. The minimum atomic E-state index is -1.85. The number of hydrogen-bond donors (Lipinski definition) is 0. The van der Waals surface area contributed by atoms with E-state index in [9.17, 15) is 0 Å². The third-order valence-corrected chi connectivity index (χ3v) is 12.3. The van der Waals surface area contributed by atoms with Gasteiger partial charge < -0.3 is 0 Å². The van der Waals surface area contributed by atoms with Crippen molar-refractivity contribution in [1.29, 1.82) is 0 Å². The van der Waals surface area contributed by atoms with Gasteiger partial charge in [0.1, 0.15) is 0 Å². The van der Waals surface area contributed by atoms with E-state index in [2.05, 4.69) is 131 Å². The summed E-state index contributed by atoms with van der Waals surface area (Å²) in [6.07, 6.45) is 0. The Balaban J connectivity index is 1.98. The molecule has 4 rings (SSSR count). The van der Waals surface area contributed by atoms with Crippen molar-refractivity contribution in [2.45, 2.75) is 20.8 Å². The van der Waals surface area contributed by atoms with Crippen LogP contribution in [0, 0.1) is 20.8 Å². The second kappa shape index (κ2) is 7.72. The van der Waals surface area contributed by atoms with Crippen molar-refractivity contribution in [2.75, 3.05) is 0 Å². The fraction of sp³-hybridized carbons (Fsp3) is 0.120. The molecule has 0 aliphatic carbocycles. The predicted octanol–water partition coefficient (Wildman–Crippen LogP) is 4.78. The van der Waals surface area contributed by atoms with E-state index in [0.717, 1.165) is 0 Å². The molecule has 1 heterocycles. The van der Waals surface area contributed by atoms with Crippen molar-refractivity contribution in [3.63, 3.8) is 0 Å². The van der Waals surface area contributed by atoms with Gasteiger partial charge in [0.15, 0.2) is 0 Å². The van der Waals surface area contributed by atoms with Crippen LogP contribution in [-0.2, 0) is 0 Å². The summed E-state index contributed by atoms with van der Waals surface area (Å²) in [5.41, 5.74) is 3.23. The van der Waals surface area contributed by atoms with Crippen LogP contribution in [0.15, 0.2) is 91.0 Å². The molecule has 28 heavy (non-hydrogen) atoms. The molecule has 0 N–H and O–H groups in total. The SMILES string of the molecule is Cc1ccc(-n2c(C)cc(P(=[Se])(c3ccccc3)c3ccccc3)c2C)cc1. The average Bonchev–Trinajstić information content (AvgIpc) is 3.04. The molecule has 3 aromatic carbocycles. The van der Waals surface area contributed by atoms with E-state index in [-0.39, 0.29) is 0 Å². The molecule has 0 radical (unpaired) electrons. The van der Waals surface area contributed by atoms with Crippen molar-refractivity contribution >= 4 is 36.5 Å². The summed E-state index contributed by atoms with van der Waals surface area (Å²) in [5.74, 6) is 0. The second-order valence-corrected chi connectivity index (χ2v) is 13.4. The summed E-state index contributed by atoms with van der Waals surface area (Å²) in [5, 5.41) is 4.14. The molecule has 1 aromatic heterocycles. The third-order valence-electron chi connectivity index (χ3n) is 5.28. The summed E-state index contributed by atoms with van der Waals surface area (Å²) in [6, 6.07) is 33.0. The Morgan fingerprint density at radius 1 is 0.679 bits per heavy atom. The quantitative estimate of drug-likeness (QED) is 0.313. The summed E-state index contributed by atoms with van der Waals surface area (Å²) < 4.78 is 2.38. The molecule has 3 heteroatoms. The molecule has 0 fully saturated rings. The standard InChI is InChI=1S/C25H24NPSe/c1-19-14-16-22(17-15-19)26-20(2)18-25(21(26)3)27(28,23-10-6-4-7-11-23)24-12-8-5-9-13-24/h4-18H,1-3H3. The number of aryl methyl sites for hydroxylation is 2. The van der Waals surface area contributed by atoms with Gasteiger partial charge in [-0.3, -0.25) is 0 Å². The van der Waals surface area contributed by atoms with Gasteiger partial charge in [-0.15, -0.1) is 0 Å². The van der Waals surface area contributed by atoms with Crippen LogP contribution < -0.4 is 15.9 Å². The van der Waals surface area contributed by atoms with Crippen LogP contribution >= 0.6 is 5.51 Å². The Bertz CT molecular complexity index is 1100. The molecule has 1 nitrogen and oxygen atoms in total. The van der Waals surface area contributed by atoms with Crippen molar-refractivity contribution in [1.82, 2.24) is 4.57 Å². The Morgan fingerprint density at radius 2 is 1.18 bits per heavy atom. The normalized spacial score (nSPS) is 11.5. The topological polar surface area (TPSA) is 4.93 Å². The first-order valence-electron chi connectivity index (χ1n) is 9.49. The van der Waals surface area contributed by atoms with Gasteiger partial charge >= 0.3 is 175 Å². The van der Waals surface area contributed by atoms with Gasteiger partial charge in [0.2, 0.25) is 0 Å². The molecular weight excluding hydrogens is 424 g/mol. The zero-order valence-corrected chi connectivity index (χ0v) is 19.1. The molecule has 0 amide bonds. The van der Waals surface area contributed by atoms with Crippen LogP contribution in [-0.4, -0.2) is 19.7 Å². The Labute approximate surface area is 175 Å². The van der Waals surface area contributed by atoms with E-state index in [4.69, 9.17) is 0 Å². The Hall–Kier alpha value is -2.11. The summed E-state index contributed by atoms with van der Waals surface area (Å²) in [6.45, 7) is 6.59.